The minimum Gasteiger partial charge on any atom is -0.381 e. The topological polar surface area (TPSA) is 91.0 Å². The highest BCUT2D eigenvalue weighted by atomic mass is 19.4. The third-order valence-electron chi connectivity index (χ3n) is 6.82. The number of carbonyl (C=O) groups is 2. The fraction of sp³-hybridized carbons (Fsp3) is 0.481. The van der Waals surface area contributed by atoms with Gasteiger partial charge in [-0.2, -0.15) is 18.3 Å². The quantitative estimate of drug-likeness (QED) is 0.484. The van der Waals surface area contributed by atoms with E-state index >= 15 is 0 Å². The van der Waals surface area contributed by atoms with E-state index in [4.69, 9.17) is 0 Å². The summed E-state index contributed by atoms with van der Waals surface area (Å²) in [6.45, 7) is 10.9. The third-order valence-corrected chi connectivity index (χ3v) is 6.82. The minimum atomic E-state index is -4.82. The summed E-state index contributed by atoms with van der Waals surface area (Å²) < 4.78 is 54.7. The van der Waals surface area contributed by atoms with Crippen LogP contribution in [0.15, 0.2) is 30.5 Å². The molecular formula is C27H31F4N5O3. The molecule has 3 heterocycles. The number of aromatic nitrogens is 3. The van der Waals surface area contributed by atoms with Crippen LogP contribution in [0.5, 0.6) is 0 Å². The van der Waals surface area contributed by atoms with E-state index in [9.17, 15) is 32.3 Å². The number of hydrogen-bond donors (Lipinski definition) is 1. The lowest BCUT2D eigenvalue weighted by Gasteiger charge is -2.47. The number of halogens is 4. The number of hydrogen-bond acceptors (Lipinski definition) is 5. The molecule has 0 radical (unpaired) electrons. The van der Waals surface area contributed by atoms with E-state index in [2.05, 4.69) is 10.1 Å². The normalized spacial score (nSPS) is 16.3. The zero-order valence-electron chi connectivity index (χ0n) is 22.6. The van der Waals surface area contributed by atoms with Crippen LogP contribution >= 0.6 is 0 Å². The molecule has 1 saturated heterocycles. The summed E-state index contributed by atoms with van der Waals surface area (Å²) in [5.41, 5.74) is -2.08. The number of nitrogens with zero attached hydrogens (tertiary/aromatic N) is 5. The first-order valence-electron chi connectivity index (χ1n) is 12.5. The Labute approximate surface area is 223 Å². The summed E-state index contributed by atoms with van der Waals surface area (Å²) in [6, 6.07) is 4.26. The van der Waals surface area contributed by atoms with Crippen LogP contribution in [-0.2, 0) is 11.0 Å². The van der Waals surface area contributed by atoms with Gasteiger partial charge in [-0.05, 0) is 51.8 Å². The van der Waals surface area contributed by atoms with Crippen LogP contribution in [0.4, 0.5) is 17.6 Å². The lowest BCUT2D eigenvalue weighted by Crippen LogP contribution is -2.64. The molecule has 12 heteroatoms. The van der Waals surface area contributed by atoms with Crippen LogP contribution in [0, 0.1) is 5.82 Å². The summed E-state index contributed by atoms with van der Waals surface area (Å²) in [4.78, 5) is 33.8. The number of rotatable bonds is 4. The first-order chi connectivity index (χ1) is 17.9. The van der Waals surface area contributed by atoms with Crippen LogP contribution in [-0.4, -0.2) is 72.1 Å². The van der Waals surface area contributed by atoms with Gasteiger partial charge in [-0.1, -0.05) is 19.9 Å². The van der Waals surface area contributed by atoms with E-state index in [1.165, 1.54) is 29.5 Å². The van der Waals surface area contributed by atoms with Gasteiger partial charge in [0.15, 0.2) is 5.65 Å². The van der Waals surface area contributed by atoms with E-state index in [0.717, 1.165) is 12.1 Å². The van der Waals surface area contributed by atoms with Gasteiger partial charge in [0.2, 0.25) is 0 Å². The van der Waals surface area contributed by atoms with Crippen molar-refractivity contribution in [2.75, 3.05) is 19.6 Å². The molecule has 210 valence electrons. The molecule has 2 aromatic heterocycles. The van der Waals surface area contributed by atoms with Crippen molar-refractivity contribution in [1.82, 2.24) is 24.4 Å². The Hall–Kier alpha value is -3.54. The second-order valence-electron chi connectivity index (χ2n) is 11.3. The molecule has 8 nitrogen and oxygen atoms in total. The van der Waals surface area contributed by atoms with Gasteiger partial charge in [0, 0.05) is 30.8 Å². The maximum absolute atomic E-state index is 14.3. The number of fused-ring (bicyclic) bond motifs is 1. The average Bonchev–Trinajstić information content (AvgIpc) is 3.24. The highest BCUT2D eigenvalue weighted by Crippen LogP contribution is 2.34. The smallest absolute Gasteiger partial charge is 0.381 e. The number of amides is 2. The van der Waals surface area contributed by atoms with E-state index in [1.54, 1.807) is 11.0 Å². The second-order valence-corrected chi connectivity index (χ2v) is 11.3. The summed E-state index contributed by atoms with van der Waals surface area (Å²) in [7, 11) is 0. The lowest BCUT2D eigenvalue weighted by molar-refractivity contribution is -0.152. The van der Waals surface area contributed by atoms with Gasteiger partial charge in [0.1, 0.15) is 17.1 Å². The molecule has 0 unspecified atom stereocenters. The van der Waals surface area contributed by atoms with Crippen LogP contribution in [0.2, 0.25) is 0 Å². The molecule has 4 rings (SSSR count). The Balaban J connectivity index is 1.69. The van der Waals surface area contributed by atoms with Gasteiger partial charge in [-0.15, -0.1) is 0 Å². The van der Waals surface area contributed by atoms with Gasteiger partial charge in [0.05, 0.1) is 23.0 Å². The molecule has 1 fully saturated rings. The van der Waals surface area contributed by atoms with Crippen LogP contribution in [0.3, 0.4) is 0 Å². The van der Waals surface area contributed by atoms with Gasteiger partial charge < -0.3 is 14.9 Å². The summed E-state index contributed by atoms with van der Waals surface area (Å²) in [5, 5.41) is 14.5. The molecule has 0 atom stereocenters. The predicted octanol–water partition coefficient (Wildman–Crippen LogP) is 4.51. The molecular weight excluding hydrogens is 518 g/mol. The standard InChI is InChI=1S/C27H31F4N5O3/c1-15(2)17-12-20(16-7-8-18(19(28)11-16)27(29,30)31)33-36-13-21(32-22(17)36)23(37)35-10-9-34(14-25(35,3)4)24(38)26(5,6)39/h7-8,11-13,15,39H,9-10,14H2,1-6H3. The Kier molecular flexibility index (Phi) is 6.99. The zero-order chi connectivity index (χ0) is 29.1. The van der Waals surface area contributed by atoms with Crippen molar-refractivity contribution >= 4 is 17.5 Å². The second kappa shape index (κ2) is 9.58. The molecule has 1 N–H and O–H groups in total. The van der Waals surface area contributed by atoms with Crippen molar-refractivity contribution in [2.45, 2.75) is 64.8 Å². The van der Waals surface area contributed by atoms with Crippen LogP contribution in [0.1, 0.15) is 69.1 Å². The van der Waals surface area contributed by atoms with Gasteiger partial charge >= 0.3 is 6.18 Å². The van der Waals surface area contributed by atoms with Crippen molar-refractivity contribution in [3.63, 3.8) is 0 Å². The van der Waals surface area contributed by atoms with Crippen molar-refractivity contribution in [2.24, 2.45) is 0 Å². The fourth-order valence-corrected chi connectivity index (χ4v) is 4.80. The molecule has 1 aliphatic heterocycles. The van der Waals surface area contributed by atoms with Gasteiger partial charge in [0.25, 0.3) is 11.8 Å². The van der Waals surface area contributed by atoms with E-state index < -0.39 is 34.6 Å². The van der Waals surface area contributed by atoms with Crippen molar-refractivity contribution < 1.29 is 32.3 Å². The first kappa shape index (κ1) is 28.5. The Morgan fingerprint density at radius 3 is 2.31 bits per heavy atom. The van der Waals surface area contributed by atoms with E-state index in [0.29, 0.717) is 17.3 Å². The minimum absolute atomic E-state index is 0.0910. The van der Waals surface area contributed by atoms with Crippen LogP contribution < -0.4 is 0 Å². The number of benzene rings is 1. The van der Waals surface area contributed by atoms with Crippen molar-refractivity contribution in [3.05, 3.63) is 53.1 Å². The molecule has 0 bridgehead atoms. The molecule has 39 heavy (non-hydrogen) atoms. The van der Waals surface area contributed by atoms with Gasteiger partial charge in [-0.3, -0.25) is 9.59 Å². The average molecular weight is 550 g/mol. The summed E-state index contributed by atoms with van der Waals surface area (Å²) >= 11 is 0. The SMILES string of the molecule is CC(C)c1cc(-c2ccc(C(F)(F)F)c(F)c2)nn2cc(C(=O)N3CCN(C(=O)C(C)(C)O)CC3(C)C)nc12. The van der Waals surface area contributed by atoms with Crippen molar-refractivity contribution in [3.8, 4) is 11.3 Å². The maximum Gasteiger partial charge on any atom is 0.419 e. The van der Waals surface area contributed by atoms with Crippen LogP contribution in [0.25, 0.3) is 16.9 Å². The Bertz CT molecular complexity index is 1440. The first-order valence-corrected chi connectivity index (χ1v) is 12.5. The third kappa shape index (κ3) is 5.47. The van der Waals surface area contributed by atoms with Crippen molar-refractivity contribution in [1.29, 1.82) is 0 Å². The number of carbonyl (C=O) groups excluding carboxylic acids is 2. The molecule has 0 aliphatic carbocycles. The van der Waals surface area contributed by atoms with Gasteiger partial charge in [-0.25, -0.2) is 13.9 Å². The largest absolute Gasteiger partial charge is 0.419 e. The van der Waals surface area contributed by atoms with E-state index in [-0.39, 0.29) is 48.4 Å². The maximum atomic E-state index is 14.3. The Morgan fingerprint density at radius 1 is 1.10 bits per heavy atom. The monoisotopic (exact) mass is 549 g/mol. The lowest BCUT2D eigenvalue weighted by atomic mass is 9.96. The molecule has 0 spiro atoms. The number of alkyl halides is 3. The molecule has 1 aromatic carbocycles. The highest BCUT2D eigenvalue weighted by molar-refractivity contribution is 5.94. The summed E-state index contributed by atoms with van der Waals surface area (Å²) in [6.07, 6.45) is -3.37. The predicted molar refractivity (Wildman–Crippen MR) is 135 cm³/mol. The number of imidazole rings is 1. The molecule has 0 saturated carbocycles. The molecule has 1 aliphatic rings. The number of piperazine rings is 1. The summed E-state index contributed by atoms with van der Waals surface area (Å²) in [5.74, 6) is -2.29. The molecule has 3 aromatic rings. The highest BCUT2D eigenvalue weighted by Gasteiger charge is 2.42. The zero-order valence-corrected chi connectivity index (χ0v) is 22.6. The number of aliphatic hydroxyl groups is 1. The van der Waals surface area contributed by atoms with E-state index in [1.807, 2.05) is 27.7 Å². The fourth-order valence-electron chi connectivity index (χ4n) is 4.80. The Morgan fingerprint density at radius 2 is 1.77 bits per heavy atom. The molecule has 2 amide bonds.